The molecule has 0 heterocycles. The van der Waals surface area contributed by atoms with Gasteiger partial charge >= 0.3 is 5.97 Å². The van der Waals surface area contributed by atoms with Crippen molar-refractivity contribution in [3.05, 3.63) is 41.0 Å². The highest BCUT2D eigenvalue weighted by Gasteiger charge is 1.99. The van der Waals surface area contributed by atoms with Gasteiger partial charge in [-0.1, -0.05) is 17.7 Å². The van der Waals surface area contributed by atoms with Crippen LogP contribution in [0.2, 0.25) is 0 Å². The third-order valence-corrected chi connectivity index (χ3v) is 1.97. The fourth-order valence-corrected chi connectivity index (χ4v) is 1.17. The first-order chi connectivity index (χ1) is 7.17. The quantitative estimate of drug-likeness (QED) is 0.429. The lowest BCUT2D eigenvalue weighted by Crippen LogP contribution is -1.94. The summed E-state index contributed by atoms with van der Waals surface area (Å²) in [6.07, 6.45) is 3.62. The SMILES string of the molecule is COC(=O)/C=C/c1ccc(C)cc1C=O. The summed E-state index contributed by atoms with van der Waals surface area (Å²) in [7, 11) is 1.31. The van der Waals surface area contributed by atoms with E-state index < -0.39 is 5.97 Å². The number of benzene rings is 1. The summed E-state index contributed by atoms with van der Waals surface area (Å²) in [5.74, 6) is -0.438. The highest BCUT2D eigenvalue weighted by molar-refractivity contribution is 5.90. The summed E-state index contributed by atoms with van der Waals surface area (Å²) in [4.78, 5) is 21.6. The molecule has 0 aliphatic heterocycles. The highest BCUT2D eigenvalue weighted by atomic mass is 16.5. The van der Waals surface area contributed by atoms with Crippen LogP contribution in [-0.2, 0) is 9.53 Å². The topological polar surface area (TPSA) is 43.4 Å². The van der Waals surface area contributed by atoms with Crippen molar-refractivity contribution in [1.29, 1.82) is 0 Å². The lowest BCUT2D eigenvalue weighted by atomic mass is 10.1. The molecule has 0 fully saturated rings. The van der Waals surface area contributed by atoms with E-state index in [0.717, 1.165) is 11.8 Å². The maximum Gasteiger partial charge on any atom is 0.330 e. The monoisotopic (exact) mass is 204 g/mol. The Bertz CT molecular complexity index is 405. The molecule has 0 amide bonds. The number of aryl methyl sites for hydroxylation is 1. The number of aldehydes is 1. The van der Waals surface area contributed by atoms with Crippen molar-refractivity contribution < 1.29 is 14.3 Å². The van der Waals surface area contributed by atoms with Crippen molar-refractivity contribution in [2.45, 2.75) is 6.92 Å². The van der Waals surface area contributed by atoms with Gasteiger partial charge in [0.1, 0.15) is 0 Å². The minimum Gasteiger partial charge on any atom is -0.466 e. The Balaban J connectivity index is 2.99. The Kier molecular flexibility index (Phi) is 3.80. The number of hydrogen-bond donors (Lipinski definition) is 0. The van der Waals surface area contributed by atoms with E-state index in [-0.39, 0.29) is 0 Å². The summed E-state index contributed by atoms with van der Waals surface area (Å²) in [6.45, 7) is 1.90. The minimum absolute atomic E-state index is 0.438. The zero-order valence-corrected chi connectivity index (χ0v) is 8.69. The Labute approximate surface area is 88.4 Å². The fraction of sp³-hybridized carbons (Fsp3) is 0.167. The van der Waals surface area contributed by atoms with Crippen molar-refractivity contribution in [2.75, 3.05) is 7.11 Å². The van der Waals surface area contributed by atoms with Gasteiger partial charge in [-0.25, -0.2) is 4.79 Å². The molecular weight excluding hydrogens is 192 g/mol. The first-order valence-corrected chi connectivity index (χ1v) is 4.49. The average Bonchev–Trinajstić information content (AvgIpc) is 2.26. The summed E-state index contributed by atoms with van der Waals surface area (Å²) in [6, 6.07) is 5.44. The lowest BCUT2D eigenvalue weighted by Gasteiger charge is -2.00. The molecule has 0 atom stereocenters. The van der Waals surface area contributed by atoms with Crippen molar-refractivity contribution in [1.82, 2.24) is 0 Å². The average molecular weight is 204 g/mol. The van der Waals surface area contributed by atoms with Gasteiger partial charge in [0, 0.05) is 11.6 Å². The van der Waals surface area contributed by atoms with Gasteiger partial charge in [-0.2, -0.15) is 0 Å². The molecule has 0 saturated heterocycles. The summed E-state index contributed by atoms with van der Waals surface area (Å²) < 4.78 is 4.46. The van der Waals surface area contributed by atoms with Crippen LogP contribution in [0.4, 0.5) is 0 Å². The van der Waals surface area contributed by atoms with E-state index in [1.165, 1.54) is 13.2 Å². The molecule has 1 aromatic carbocycles. The molecule has 15 heavy (non-hydrogen) atoms. The summed E-state index contributed by atoms with van der Waals surface area (Å²) in [5.41, 5.74) is 2.28. The molecule has 0 aromatic heterocycles. The molecule has 1 aromatic rings. The molecule has 0 radical (unpaired) electrons. The molecule has 0 aliphatic rings. The Morgan fingerprint density at radius 1 is 1.33 bits per heavy atom. The second kappa shape index (κ2) is 5.10. The van der Waals surface area contributed by atoms with Crippen LogP contribution in [0.3, 0.4) is 0 Å². The Hall–Kier alpha value is -1.90. The third-order valence-electron chi connectivity index (χ3n) is 1.97. The zero-order valence-electron chi connectivity index (χ0n) is 8.69. The standard InChI is InChI=1S/C12H12O3/c1-9-3-4-10(11(7-9)8-13)5-6-12(14)15-2/h3-8H,1-2H3/b6-5+. The van der Waals surface area contributed by atoms with E-state index in [9.17, 15) is 9.59 Å². The minimum atomic E-state index is -0.438. The van der Waals surface area contributed by atoms with E-state index in [0.29, 0.717) is 11.1 Å². The van der Waals surface area contributed by atoms with Gasteiger partial charge in [-0.05, 0) is 24.6 Å². The zero-order chi connectivity index (χ0) is 11.3. The molecule has 0 bridgehead atoms. The van der Waals surface area contributed by atoms with Gasteiger partial charge < -0.3 is 4.74 Å². The summed E-state index contributed by atoms with van der Waals surface area (Å²) >= 11 is 0. The lowest BCUT2D eigenvalue weighted by molar-refractivity contribution is -0.134. The molecule has 0 saturated carbocycles. The van der Waals surface area contributed by atoms with Gasteiger partial charge in [0.2, 0.25) is 0 Å². The molecule has 3 nitrogen and oxygen atoms in total. The van der Waals surface area contributed by atoms with Crippen molar-refractivity contribution >= 4 is 18.3 Å². The molecule has 1 rings (SSSR count). The maximum atomic E-state index is 10.9. The largest absolute Gasteiger partial charge is 0.466 e. The second-order valence-corrected chi connectivity index (χ2v) is 3.11. The van der Waals surface area contributed by atoms with Gasteiger partial charge in [0.25, 0.3) is 0 Å². The predicted octanol–water partition coefficient (Wildman–Crippen LogP) is 1.99. The van der Waals surface area contributed by atoms with Crippen LogP contribution in [0.15, 0.2) is 24.3 Å². The van der Waals surface area contributed by atoms with Crippen LogP contribution in [0.1, 0.15) is 21.5 Å². The van der Waals surface area contributed by atoms with E-state index in [1.807, 2.05) is 13.0 Å². The first-order valence-electron chi connectivity index (χ1n) is 4.49. The van der Waals surface area contributed by atoms with Crippen LogP contribution in [0.25, 0.3) is 6.08 Å². The van der Waals surface area contributed by atoms with Crippen molar-refractivity contribution in [3.8, 4) is 0 Å². The van der Waals surface area contributed by atoms with E-state index in [4.69, 9.17) is 0 Å². The third kappa shape index (κ3) is 3.06. The van der Waals surface area contributed by atoms with Gasteiger partial charge in [0.05, 0.1) is 7.11 Å². The Morgan fingerprint density at radius 2 is 2.07 bits per heavy atom. The van der Waals surface area contributed by atoms with Gasteiger partial charge in [-0.15, -0.1) is 0 Å². The molecule has 0 unspecified atom stereocenters. The number of esters is 1. The molecule has 0 N–H and O–H groups in total. The van der Waals surface area contributed by atoms with Crippen LogP contribution >= 0.6 is 0 Å². The predicted molar refractivity (Wildman–Crippen MR) is 57.6 cm³/mol. The number of hydrogen-bond acceptors (Lipinski definition) is 3. The number of carbonyl (C=O) groups excluding carboxylic acids is 2. The smallest absolute Gasteiger partial charge is 0.330 e. The van der Waals surface area contributed by atoms with Crippen LogP contribution in [-0.4, -0.2) is 19.4 Å². The van der Waals surface area contributed by atoms with E-state index in [1.54, 1.807) is 18.2 Å². The van der Waals surface area contributed by atoms with Crippen LogP contribution < -0.4 is 0 Å². The molecule has 0 aliphatic carbocycles. The number of rotatable bonds is 3. The van der Waals surface area contributed by atoms with E-state index in [2.05, 4.69) is 4.74 Å². The number of carbonyl (C=O) groups is 2. The fourth-order valence-electron chi connectivity index (χ4n) is 1.17. The second-order valence-electron chi connectivity index (χ2n) is 3.11. The van der Waals surface area contributed by atoms with E-state index >= 15 is 0 Å². The molecule has 3 heteroatoms. The molecular formula is C12H12O3. The number of methoxy groups -OCH3 is 1. The Morgan fingerprint density at radius 3 is 2.67 bits per heavy atom. The van der Waals surface area contributed by atoms with Crippen molar-refractivity contribution in [3.63, 3.8) is 0 Å². The normalized spacial score (nSPS) is 10.3. The summed E-state index contributed by atoms with van der Waals surface area (Å²) in [5, 5.41) is 0. The maximum absolute atomic E-state index is 10.9. The first kappa shape index (κ1) is 11.2. The van der Waals surface area contributed by atoms with Crippen LogP contribution in [0, 0.1) is 6.92 Å². The van der Waals surface area contributed by atoms with Crippen LogP contribution in [0.5, 0.6) is 0 Å². The van der Waals surface area contributed by atoms with Gasteiger partial charge in [-0.3, -0.25) is 4.79 Å². The molecule has 78 valence electrons. The number of ether oxygens (including phenoxy) is 1. The van der Waals surface area contributed by atoms with Crippen molar-refractivity contribution in [2.24, 2.45) is 0 Å². The highest BCUT2D eigenvalue weighted by Crippen LogP contribution is 2.11. The molecule has 0 spiro atoms. The van der Waals surface area contributed by atoms with Gasteiger partial charge in [0.15, 0.2) is 6.29 Å².